The maximum atomic E-state index is 12.9. The molecule has 26 heavy (non-hydrogen) atoms. The van der Waals surface area contributed by atoms with Crippen molar-refractivity contribution in [3.05, 3.63) is 53.8 Å². The molecule has 1 saturated carbocycles. The maximum Gasteiger partial charge on any atom is 0.225 e. The van der Waals surface area contributed by atoms with E-state index in [1.54, 1.807) is 13.1 Å². The lowest BCUT2D eigenvalue weighted by Gasteiger charge is -2.35. The highest BCUT2D eigenvalue weighted by Crippen LogP contribution is 2.35. The molecular weight excluding hydrogens is 328 g/mol. The Labute approximate surface area is 152 Å². The number of para-hydroxylation sites is 1. The van der Waals surface area contributed by atoms with E-state index in [4.69, 9.17) is 4.52 Å². The number of fused-ring (bicyclic) bond motifs is 1. The van der Waals surface area contributed by atoms with Gasteiger partial charge in [0.05, 0.1) is 11.9 Å². The molecule has 1 aliphatic carbocycles. The number of carbonyl (C=O) groups is 1. The molecule has 0 bridgehead atoms. The van der Waals surface area contributed by atoms with E-state index < -0.39 is 5.54 Å². The second-order valence-corrected chi connectivity index (χ2v) is 7.00. The van der Waals surface area contributed by atoms with Gasteiger partial charge in [-0.1, -0.05) is 48.7 Å². The van der Waals surface area contributed by atoms with Crippen LogP contribution in [-0.4, -0.2) is 21.0 Å². The zero-order valence-corrected chi connectivity index (χ0v) is 14.9. The van der Waals surface area contributed by atoms with Gasteiger partial charge in [0.15, 0.2) is 5.82 Å². The Hall–Kier alpha value is -2.76. The van der Waals surface area contributed by atoms with E-state index in [0.29, 0.717) is 11.7 Å². The Morgan fingerprint density at radius 1 is 1.19 bits per heavy atom. The second-order valence-electron chi connectivity index (χ2n) is 7.00. The van der Waals surface area contributed by atoms with Crippen LogP contribution in [-0.2, 0) is 16.8 Å². The third kappa shape index (κ3) is 3.19. The average molecular weight is 350 g/mol. The molecule has 1 N–H and O–H groups in total. The van der Waals surface area contributed by atoms with Crippen molar-refractivity contribution in [1.29, 1.82) is 0 Å². The normalized spacial score (nSPS) is 16.5. The van der Waals surface area contributed by atoms with Gasteiger partial charge >= 0.3 is 0 Å². The molecule has 1 aromatic carbocycles. The summed E-state index contributed by atoms with van der Waals surface area (Å²) in [6.45, 7) is 1.77. The van der Waals surface area contributed by atoms with Gasteiger partial charge < -0.3 is 9.84 Å². The molecule has 2 aromatic heterocycles. The zero-order valence-electron chi connectivity index (χ0n) is 14.9. The van der Waals surface area contributed by atoms with Crippen LogP contribution in [0.25, 0.3) is 10.9 Å². The van der Waals surface area contributed by atoms with Crippen molar-refractivity contribution in [2.45, 2.75) is 51.0 Å². The fourth-order valence-electron chi connectivity index (χ4n) is 3.85. The Kier molecular flexibility index (Phi) is 4.41. The number of pyridine rings is 1. The van der Waals surface area contributed by atoms with Crippen molar-refractivity contribution in [3.8, 4) is 0 Å². The molecule has 1 aliphatic rings. The number of nitrogens with one attached hydrogen (secondary N) is 1. The molecule has 0 radical (unpaired) electrons. The van der Waals surface area contributed by atoms with E-state index in [2.05, 4.69) is 20.4 Å². The van der Waals surface area contributed by atoms with Gasteiger partial charge in [-0.15, -0.1) is 0 Å². The van der Waals surface area contributed by atoms with Crippen LogP contribution in [0.3, 0.4) is 0 Å². The molecule has 0 aliphatic heterocycles. The van der Waals surface area contributed by atoms with E-state index in [0.717, 1.165) is 42.1 Å². The van der Waals surface area contributed by atoms with Crippen LogP contribution in [0, 0.1) is 6.92 Å². The molecule has 0 atom stereocenters. The molecule has 1 fully saturated rings. The van der Waals surface area contributed by atoms with Crippen LogP contribution in [0.1, 0.15) is 49.4 Å². The number of hydrogen-bond donors (Lipinski definition) is 1. The number of aryl methyl sites for hydroxylation is 1. The summed E-state index contributed by atoms with van der Waals surface area (Å²) in [6, 6.07) is 9.84. The van der Waals surface area contributed by atoms with E-state index in [-0.39, 0.29) is 12.3 Å². The van der Waals surface area contributed by atoms with Gasteiger partial charge in [-0.2, -0.15) is 4.98 Å². The van der Waals surface area contributed by atoms with Gasteiger partial charge in [-0.25, -0.2) is 0 Å². The first-order valence-electron chi connectivity index (χ1n) is 9.11. The van der Waals surface area contributed by atoms with Gasteiger partial charge in [0.2, 0.25) is 11.8 Å². The monoisotopic (exact) mass is 350 g/mol. The highest BCUT2D eigenvalue weighted by molar-refractivity contribution is 5.87. The number of carbonyl (C=O) groups excluding carboxylic acids is 1. The lowest BCUT2D eigenvalue weighted by atomic mass is 9.80. The topological polar surface area (TPSA) is 80.9 Å². The number of rotatable bonds is 4. The fraction of sp³-hybridized carbons (Fsp3) is 0.400. The summed E-state index contributed by atoms with van der Waals surface area (Å²) in [6.07, 6.45) is 6.98. The summed E-state index contributed by atoms with van der Waals surface area (Å²) in [7, 11) is 0. The van der Waals surface area contributed by atoms with E-state index in [1.807, 2.05) is 30.3 Å². The Balaban J connectivity index is 1.59. The fourth-order valence-corrected chi connectivity index (χ4v) is 3.85. The first kappa shape index (κ1) is 16.7. The van der Waals surface area contributed by atoms with Crippen molar-refractivity contribution in [1.82, 2.24) is 20.4 Å². The third-order valence-corrected chi connectivity index (χ3v) is 5.11. The van der Waals surface area contributed by atoms with Crippen LogP contribution >= 0.6 is 0 Å². The molecule has 6 nitrogen and oxygen atoms in total. The first-order valence-corrected chi connectivity index (χ1v) is 9.11. The molecule has 4 rings (SSSR count). The molecule has 2 heterocycles. The van der Waals surface area contributed by atoms with Crippen LogP contribution in [0.5, 0.6) is 0 Å². The van der Waals surface area contributed by atoms with Gasteiger partial charge in [0, 0.05) is 18.5 Å². The van der Waals surface area contributed by atoms with Crippen molar-refractivity contribution in [2.24, 2.45) is 0 Å². The summed E-state index contributed by atoms with van der Waals surface area (Å²) in [5.74, 6) is 1.09. The summed E-state index contributed by atoms with van der Waals surface area (Å²) < 4.78 is 5.18. The molecule has 134 valence electrons. The minimum Gasteiger partial charge on any atom is -0.343 e. The van der Waals surface area contributed by atoms with Crippen LogP contribution in [0.15, 0.2) is 41.1 Å². The van der Waals surface area contributed by atoms with Gasteiger partial charge in [0.25, 0.3) is 0 Å². The van der Waals surface area contributed by atoms with Crippen molar-refractivity contribution in [2.75, 3.05) is 0 Å². The predicted molar refractivity (Wildman–Crippen MR) is 97.4 cm³/mol. The van der Waals surface area contributed by atoms with Crippen LogP contribution in [0.4, 0.5) is 0 Å². The number of aromatic nitrogens is 3. The number of amides is 1. The molecule has 0 spiro atoms. The average Bonchev–Trinajstić information content (AvgIpc) is 3.10. The van der Waals surface area contributed by atoms with Crippen LogP contribution < -0.4 is 5.32 Å². The maximum absolute atomic E-state index is 12.9. The Morgan fingerprint density at radius 2 is 2.00 bits per heavy atom. The molecule has 0 unspecified atom stereocenters. The lowest BCUT2D eigenvalue weighted by Crippen LogP contribution is -2.48. The Morgan fingerprint density at radius 3 is 2.77 bits per heavy atom. The largest absolute Gasteiger partial charge is 0.343 e. The van der Waals surface area contributed by atoms with Gasteiger partial charge in [-0.05, 0) is 24.5 Å². The van der Waals surface area contributed by atoms with Crippen LogP contribution in [0.2, 0.25) is 0 Å². The van der Waals surface area contributed by atoms with E-state index in [1.165, 1.54) is 6.42 Å². The van der Waals surface area contributed by atoms with Gasteiger partial charge in [0.1, 0.15) is 5.54 Å². The lowest BCUT2D eigenvalue weighted by molar-refractivity contribution is -0.123. The first-order chi connectivity index (χ1) is 12.7. The van der Waals surface area contributed by atoms with E-state index >= 15 is 0 Å². The number of hydrogen-bond acceptors (Lipinski definition) is 5. The molecule has 0 saturated heterocycles. The molecule has 6 heteroatoms. The minimum absolute atomic E-state index is 0.0347. The standard InChI is InChI=1S/C20H22N4O2/c1-14-22-19(24-26-14)20(10-3-2-4-11-20)23-17(25)13-16-8-5-7-15-9-6-12-21-18(15)16/h5-9,12H,2-4,10-11,13H2,1H3,(H,23,25). The number of benzene rings is 1. The highest BCUT2D eigenvalue weighted by atomic mass is 16.5. The van der Waals surface area contributed by atoms with Crippen molar-refractivity contribution in [3.63, 3.8) is 0 Å². The third-order valence-electron chi connectivity index (χ3n) is 5.11. The summed E-state index contributed by atoms with van der Waals surface area (Å²) in [5, 5.41) is 8.37. The molecular formula is C20H22N4O2. The predicted octanol–water partition coefficient (Wildman–Crippen LogP) is 3.44. The minimum atomic E-state index is -0.523. The number of nitrogens with zero attached hydrogens (tertiary/aromatic N) is 3. The quantitative estimate of drug-likeness (QED) is 0.779. The summed E-state index contributed by atoms with van der Waals surface area (Å²) >= 11 is 0. The smallest absolute Gasteiger partial charge is 0.225 e. The Bertz CT molecular complexity index is 923. The molecule has 1 amide bonds. The zero-order chi connectivity index (χ0) is 18.0. The SMILES string of the molecule is Cc1nc(C2(NC(=O)Cc3cccc4cccnc34)CCCCC2)no1. The van der Waals surface area contributed by atoms with Crippen molar-refractivity contribution < 1.29 is 9.32 Å². The molecule has 3 aromatic rings. The summed E-state index contributed by atoms with van der Waals surface area (Å²) in [4.78, 5) is 21.7. The second kappa shape index (κ2) is 6.86. The summed E-state index contributed by atoms with van der Waals surface area (Å²) in [5.41, 5.74) is 1.28. The van der Waals surface area contributed by atoms with Gasteiger partial charge in [-0.3, -0.25) is 9.78 Å². The van der Waals surface area contributed by atoms with Crippen molar-refractivity contribution >= 4 is 16.8 Å². The highest BCUT2D eigenvalue weighted by Gasteiger charge is 2.39. The van der Waals surface area contributed by atoms with E-state index in [9.17, 15) is 4.79 Å².